The second kappa shape index (κ2) is 6.81. The maximum Gasteiger partial charge on any atom is 0.319 e. The molecule has 2 saturated heterocycles. The standard InChI is InChI=1S/C16H24N8O/c1-21-14(10-24-12-17-11-18-24)19-20-15(21)13-4-8-23(9-5-13)16(25)22-6-2-3-7-22/h11-13H,2-10H2,1H3. The number of carbonyl (C=O) groups is 1. The topological polar surface area (TPSA) is 85.0 Å². The summed E-state index contributed by atoms with van der Waals surface area (Å²) in [5.74, 6) is 2.23. The summed E-state index contributed by atoms with van der Waals surface area (Å²) in [6, 6.07) is 0.209. The Balaban J connectivity index is 1.37. The van der Waals surface area contributed by atoms with Gasteiger partial charge in [0.05, 0.1) is 0 Å². The van der Waals surface area contributed by atoms with E-state index in [1.54, 1.807) is 11.0 Å². The van der Waals surface area contributed by atoms with Crippen molar-refractivity contribution in [2.75, 3.05) is 26.2 Å². The molecule has 9 nitrogen and oxygen atoms in total. The van der Waals surface area contributed by atoms with E-state index in [0.717, 1.165) is 63.5 Å². The number of piperidine rings is 1. The van der Waals surface area contributed by atoms with Crippen molar-refractivity contribution in [2.45, 2.75) is 38.1 Å². The fraction of sp³-hybridized carbons (Fsp3) is 0.688. The molecule has 2 aliphatic heterocycles. The zero-order chi connectivity index (χ0) is 17.2. The number of amides is 2. The van der Waals surface area contributed by atoms with Gasteiger partial charge in [-0.1, -0.05) is 0 Å². The number of hydrogen-bond acceptors (Lipinski definition) is 5. The Bertz CT molecular complexity index is 711. The van der Waals surface area contributed by atoms with Gasteiger partial charge in [-0.3, -0.25) is 0 Å². The van der Waals surface area contributed by atoms with Crippen LogP contribution in [0.2, 0.25) is 0 Å². The van der Waals surface area contributed by atoms with Crippen LogP contribution in [0.1, 0.15) is 43.3 Å². The molecule has 0 aliphatic carbocycles. The normalized spacial score (nSPS) is 18.9. The molecule has 134 valence electrons. The molecular weight excluding hydrogens is 320 g/mol. The van der Waals surface area contributed by atoms with Crippen LogP contribution in [0, 0.1) is 0 Å². The summed E-state index contributed by atoms with van der Waals surface area (Å²) in [6.45, 7) is 3.98. The highest BCUT2D eigenvalue weighted by atomic mass is 16.2. The van der Waals surface area contributed by atoms with Crippen LogP contribution in [0.25, 0.3) is 0 Å². The third-order valence-electron chi connectivity index (χ3n) is 5.28. The van der Waals surface area contributed by atoms with Gasteiger partial charge in [0.25, 0.3) is 0 Å². The van der Waals surface area contributed by atoms with E-state index in [2.05, 4.69) is 24.8 Å². The molecule has 9 heteroatoms. The Hall–Kier alpha value is -2.45. The van der Waals surface area contributed by atoms with Crippen molar-refractivity contribution in [1.82, 2.24) is 39.3 Å². The van der Waals surface area contributed by atoms with Crippen molar-refractivity contribution in [3.05, 3.63) is 24.3 Å². The highest BCUT2D eigenvalue weighted by molar-refractivity contribution is 5.74. The van der Waals surface area contributed by atoms with Gasteiger partial charge in [-0.2, -0.15) is 5.10 Å². The largest absolute Gasteiger partial charge is 0.325 e. The van der Waals surface area contributed by atoms with E-state index in [1.165, 1.54) is 6.33 Å². The average molecular weight is 344 g/mol. The van der Waals surface area contributed by atoms with E-state index in [9.17, 15) is 4.79 Å². The van der Waals surface area contributed by atoms with Gasteiger partial charge in [0, 0.05) is 39.1 Å². The minimum atomic E-state index is 0.209. The van der Waals surface area contributed by atoms with Crippen LogP contribution in [0.4, 0.5) is 4.79 Å². The van der Waals surface area contributed by atoms with Crippen LogP contribution in [0.15, 0.2) is 12.7 Å². The van der Waals surface area contributed by atoms with E-state index in [4.69, 9.17) is 0 Å². The minimum absolute atomic E-state index is 0.209. The van der Waals surface area contributed by atoms with Crippen molar-refractivity contribution in [3.8, 4) is 0 Å². The Morgan fingerprint density at radius 3 is 2.52 bits per heavy atom. The number of carbonyl (C=O) groups excluding carboxylic acids is 1. The molecule has 0 bridgehead atoms. The van der Waals surface area contributed by atoms with Gasteiger partial charge in [0.2, 0.25) is 0 Å². The van der Waals surface area contributed by atoms with Gasteiger partial charge in [-0.25, -0.2) is 14.5 Å². The number of likely N-dealkylation sites (tertiary alicyclic amines) is 2. The highest BCUT2D eigenvalue weighted by Gasteiger charge is 2.30. The van der Waals surface area contributed by atoms with Gasteiger partial charge >= 0.3 is 6.03 Å². The van der Waals surface area contributed by atoms with Gasteiger partial charge in [-0.15, -0.1) is 10.2 Å². The first-order chi connectivity index (χ1) is 12.2. The Morgan fingerprint density at radius 1 is 1.12 bits per heavy atom. The first-order valence-electron chi connectivity index (χ1n) is 8.97. The number of nitrogens with zero attached hydrogens (tertiary/aromatic N) is 8. The first-order valence-corrected chi connectivity index (χ1v) is 8.97. The molecule has 2 aromatic rings. The number of aromatic nitrogens is 6. The molecule has 2 aromatic heterocycles. The third-order valence-corrected chi connectivity index (χ3v) is 5.28. The molecule has 0 atom stereocenters. The van der Waals surface area contributed by atoms with Crippen molar-refractivity contribution in [1.29, 1.82) is 0 Å². The number of rotatable bonds is 3. The number of hydrogen-bond donors (Lipinski definition) is 0. The second-order valence-electron chi connectivity index (χ2n) is 6.86. The maximum atomic E-state index is 12.5. The van der Waals surface area contributed by atoms with Crippen molar-refractivity contribution in [2.24, 2.45) is 7.05 Å². The maximum absolute atomic E-state index is 12.5. The molecule has 2 amide bonds. The molecule has 0 N–H and O–H groups in total. The van der Waals surface area contributed by atoms with Crippen molar-refractivity contribution in [3.63, 3.8) is 0 Å². The van der Waals surface area contributed by atoms with Crippen LogP contribution in [-0.2, 0) is 13.6 Å². The van der Waals surface area contributed by atoms with Crippen LogP contribution in [0.3, 0.4) is 0 Å². The molecular formula is C16H24N8O. The average Bonchev–Trinajstić information content (AvgIpc) is 3.39. The lowest BCUT2D eigenvalue weighted by Crippen LogP contribution is -2.45. The smallest absolute Gasteiger partial charge is 0.319 e. The molecule has 2 fully saturated rings. The van der Waals surface area contributed by atoms with Crippen molar-refractivity contribution >= 4 is 6.03 Å². The van der Waals surface area contributed by atoms with E-state index < -0.39 is 0 Å². The van der Waals surface area contributed by atoms with Crippen LogP contribution in [0.5, 0.6) is 0 Å². The van der Waals surface area contributed by atoms with Crippen LogP contribution in [-0.4, -0.2) is 71.5 Å². The Labute approximate surface area is 146 Å². The summed E-state index contributed by atoms with van der Waals surface area (Å²) < 4.78 is 3.80. The molecule has 0 radical (unpaired) electrons. The molecule has 25 heavy (non-hydrogen) atoms. The fourth-order valence-electron chi connectivity index (χ4n) is 3.77. The van der Waals surface area contributed by atoms with E-state index in [1.807, 2.05) is 16.8 Å². The summed E-state index contributed by atoms with van der Waals surface area (Å²) in [5, 5.41) is 12.8. The van der Waals surface area contributed by atoms with Gasteiger partial charge in [0.15, 0.2) is 5.82 Å². The molecule has 4 heterocycles. The summed E-state index contributed by atoms with van der Waals surface area (Å²) >= 11 is 0. The highest BCUT2D eigenvalue weighted by Crippen LogP contribution is 2.27. The lowest BCUT2D eigenvalue weighted by molar-refractivity contribution is 0.147. The quantitative estimate of drug-likeness (QED) is 0.824. The lowest BCUT2D eigenvalue weighted by atomic mass is 9.96. The summed E-state index contributed by atoms with van der Waals surface area (Å²) in [4.78, 5) is 20.4. The zero-order valence-electron chi connectivity index (χ0n) is 14.6. The summed E-state index contributed by atoms with van der Waals surface area (Å²) in [5.41, 5.74) is 0. The summed E-state index contributed by atoms with van der Waals surface area (Å²) in [6.07, 6.45) is 7.34. The van der Waals surface area contributed by atoms with Crippen molar-refractivity contribution < 1.29 is 4.79 Å². The molecule has 4 rings (SSSR count). The number of urea groups is 1. The first kappa shape index (κ1) is 16.0. The minimum Gasteiger partial charge on any atom is -0.325 e. The molecule has 0 aromatic carbocycles. The Morgan fingerprint density at radius 2 is 1.84 bits per heavy atom. The SMILES string of the molecule is Cn1c(Cn2cncn2)nnc1C1CCN(C(=O)N2CCCC2)CC1. The van der Waals surface area contributed by atoms with E-state index >= 15 is 0 Å². The van der Waals surface area contributed by atoms with Gasteiger partial charge < -0.3 is 14.4 Å². The zero-order valence-corrected chi connectivity index (χ0v) is 14.6. The molecule has 2 aliphatic rings. The Kier molecular flexibility index (Phi) is 4.37. The summed E-state index contributed by atoms with van der Waals surface area (Å²) in [7, 11) is 2.00. The van der Waals surface area contributed by atoms with Gasteiger partial charge in [-0.05, 0) is 25.7 Å². The molecule has 0 unspecified atom stereocenters. The van der Waals surface area contributed by atoms with Gasteiger partial charge in [0.1, 0.15) is 25.0 Å². The van der Waals surface area contributed by atoms with E-state index in [0.29, 0.717) is 12.5 Å². The van der Waals surface area contributed by atoms with E-state index in [-0.39, 0.29) is 6.03 Å². The van der Waals surface area contributed by atoms with Crippen LogP contribution >= 0.6 is 0 Å². The molecule has 0 saturated carbocycles. The fourth-order valence-corrected chi connectivity index (χ4v) is 3.77. The third kappa shape index (κ3) is 3.22. The lowest BCUT2D eigenvalue weighted by Gasteiger charge is -2.34. The second-order valence-corrected chi connectivity index (χ2v) is 6.86. The van der Waals surface area contributed by atoms with Crippen LogP contribution < -0.4 is 0 Å². The predicted octanol–water partition coefficient (Wildman–Crippen LogP) is 0.850. The monoisotopic (exact) mass is 344 g/mol. The predicted molar refractivity (Wildman–Crippen MR) is 89.9 cm³/mol. The molecule has 0 spiro atoms.